The van der Waals surface area contributed by atoms with E-state index in [0.717, 1.165) is 17.7 Å². The predicted molar refractivity (Wildman–Crippen MR) is 111 cm³/mol. The molecule has 0 bridgehead atoms. The summed E-state index contributed by atoms with van der Waals surface area (Å²) in [5, 5.41) is 3.71. The second kappa shape index (κ2) is 8.33. The van der Waals surface area contributed by atoms with E-state index < -0.39 is 5.92 Å². The number of nitrogens with zero attached hydrogens (tertiary/aromatic N) is 1. The fourth-order valence-electron chi connectivity index (χ4n) is 3.77. The highest BCUT2D eigenvalue weighted by atomic mass is 35.5. The van der Waals surface area contributed by atoms with Crippen LogP contribution in [-0.2, 0) is 9.59 Å². The summed E-state index contributed by atoms with van der Waals surface area (Å²) in [4.78, 5) is 27.1. The minimum absolute atomic E-state index is 0.0716. The first-order chi connectivity index (χ1) is 14.0. The fraction of sp³-hybridized carbons (Fsp3) is 0.364. The van der Waals surface area contributed by atoms with Crippen molar-refractivity contribution in [3.05, 3.63) is 53.1 Å². The summed E-state index contributed by atoms with van der Waals surface area (Å²) in [6.45, 7) is 3.35. The largest absolute Gasteiger partial charge is 0.486 e. The third-order valence-electron chi connectivity index (χ3n) is 5.31. The Bertz CT molecular complexity index is 933. The van der Waals surface area contributed by atoms with E-state index >= 15 is 0 Å². The van der Waals surface area contributed by atoms with Crippen LogP contribution in [0.3, 0.4) is 0 Å². The average Bonchev–Trinajstić information content (AvgIpc) is 3.13. The van der Waals surface area contributed by atoms with Crippen molar-refractivity contribution in [3.8, 4) is 11.5 Å². The Labute approximate surface area is 174 Å². The molecule has 2 aromatic rings. The van der Waals surface area contributed by atoms with Crippen LogP contribution in [0.2, 0.25) is 5.02 Å². The number of hydrogen-bond acceptors (Lipinski definition) is 4. The lowest BCUT2D eigenvalue weighted by atomic mass is 10.0. The van der Waals surface area contributed by atoms with Crippen LogP contribution < -0.4 is 19.7 Å². The number of hydrogen-bond donors (Lipinski definition) is 1. The van der Waals surface area contributed by atoms with Crippen LogP contribution >= 0.6 is 11.6 Å². The van der Waals surface area contributed by atoms with Crippen LogP contribution in [0, 0.1) is 5.92 Å². The van der Waals surface area contributed by atoms with Gasteiger partial charge in [-0.15, -0.1) is 0 Å². The minimum atomic E-state index is -0.399. The number of benzene rings is 2. The van der Waals surface area contributed by atoms with Gasteiger partial charge >= 0.3 is 0 Å². The summed E-state index contributed by atoms with van der Waals surface area (Å²) < 4.78 is 11.1. The Morgan fingerprint density at radius 2 is 2.00 bits per heavy atom. The van der Waals surface area contributed by atoms with Crippen LogP contribution in [-0.4, -0.2) is 31.6 Å². The SMILES string of the molecule is CCC(NC(=O)C1CC(=O)N(c2ccc3c(c2)OCCO3)C1)c1cccc(Cl)c1. The summed E-state index contributed by atoms with van der Waals surface area (Å²) in [5.74, 6) is 0.710. The first-order valence-corrected chi connectivity index (χ1v) is 10.2. The molecule has 152 valence electrons. The lowest BCUT2D eigenvalue weighted by molar-refractivity contribution is -0.127. The standard InChI is InChI=1S/C22H23ClN2O4/c1-2-18(14-4-3-5-16(23)10-14)24-22(27)15-11-21(26)25(13-15)17-6-7-19-20(12-17)29-9-8-28-19/h3-7,10,12,15,18H,2,8-9,11,13H2,1H3,(H,24,27). The molecular weight excluding hydrogens is 392 g/mol. The molecule has 2 heterocycles. The first kappa shape index (κ1) is 19.6. The van der Waals surface area contributed by atoms with Crippen molar-refractivity contribution >= 4 is 29.1 Å². The molecule has 2 atom stereocenters. The van der Waals surface area contributed by atoms with Gasteiger partial charge < -0.3 is 19.7 Å². The molecule has 0 saturated carbocycles. The van der Waals surface area contributed by atoms with Gasteiger partial charge in [0.05, 0.1) is 12.0 Å². The molecule has 1 saturated heterocycles. The molecule has 1 fully saturated rings. The van der Waals surface area contributed by atoms with Crippen molar-refractivity contribution in [2.24, 2.45) is 5.92 Å². The number of fused-ring (bicyclic) bond motifs is 1. The highest BCUT2D eigenvalue weighted by Gasteiger charge is 2.36. The third kappa shape index (κ3) is 4.17. The molecule has 7 heteroatoms. The van der Waals surface area contributed by atoms with Gasteiger partial charge in [-0.25, -0.2) is 0 Å². The molecule has 29 heavy (non-hydrogen) atoms. The number of carbonyl (C=O) groups is 2. The molecule has 0 radical (unpaired) electrons. The fourth-order valence-corrected chi connectivity index (χ4v) is 3.97. The maximum absolute atomic E-state index is 12.9. The van der Waals surface area contributed by atoms with Crippen molar-refractivity contribution < 1.29 is 19.1 Å². The zero-order chi connectivity index (χ0) is 20.4. The van der Waals surface area contributed by atoms with E-state index in [0.29, 0.717) is 36.3 Å². The zero-order valence-electron chi connectivity index (χ0n) is 16.2. The van der Waals surface area contributed by atoms with Crippen LogP contribution in [0.4, 0.5) is 5.69 Å². The Morgan fingerprint density at radius 3 is 2.76 bits per heavy atom. The van der Waals surface area contributed by atoms with Crippen LogP contribution in [0.1, 0.15) is 31.4 Å². The van der Waals surface area contributed by atoms with E-state index in [1.54, 1.807) is 23.1 Å². The topological polar surface area (TPSA) is 67.9 Å². The minimum Gasteiger partial charge on any atom is -0.486 e. The van der Waals surface area contributed by atoms with Crippen molar-refractivity contribution in [2.75, 3.05) is 24.7 Å². The molecule has 2 aromatic carbocycles. The maximum atomic E-state index is 12.9. The number of rotatable bonds is 5. The molecule has 4 rings (SSSR count). The van der Waals surface area contributed by atoms with E-state index in [9.17, 15) is 9.59 Å². The van der Waals surface area contributed by atoms with E-state index in [-0.39, 0.29) is 24.3 Å². The average molecular weight is 415 g/mol. The normalized spacial score (nSPS) is 19.2. The van der Waals surface area contributed by atoms with Gasteiger partial charge in [-0.1, -0.05) is 30.7 Å². The molecule has 6 nitrogen and oxygen atoms in total. The second-order valence-corrected chi connectivity index (χ2v) is 7.69. The zero-order valence-corrected chi connectivity index (χ0v) is 16.9. The van der Waals surface area contributed by atoms with Gasteiger partial charge in [0.15, 0.2) is 11.5 Å². The van der Waals surface area contributed by atoms with Crippen LogP contribution in [0.25, 0.3) is 0 Å². The van der Waals surface area contributed by atoms with E-state index in [2.05, 4.69) is 5.32 Å². The molecule has 0 spiro atoms. The number of anilines is 1. The molecule has 1 N–H and O–H groups in total. The summed E-state index contributed by atoms with van der Waals surface area (Å²) in [6, 6.07) is 12.8. The maximum Gasteiger partial charge on any atom is 0.227 e. The number of carbonyl (C=O) groups excluding carboxylic acids is 2. The molecule has 2 unspecified atom stereocenters. The molecule has 2 aliphatic rings. The van der Waals surface area contributed by atoms with Crippen molar-refractivity contribution in [1.29, 1.82) is 0 Å². The Hall–Kier alpha value is -2.73. The molecule has 0 aromatic heterocycles. The lowest BCUT2D eigenvalue weighted by Gasteiger charge is -2.23. The van der Waals surface area contributed by atoms with Crippen molar-refractivity contribution in [2.45, 2.75) is 25.8 Å². The van der Waals surface area contributed by atoms with Gasteiger partial charge in [0.2, 0.25) is 11.8 Å². The third-order valence-corrected chi connectivity index (χ3v) is 5.54. The van der Waals surface area contributed by atoms with Crippen LogP contribution in [0.15, 0.2) is 42.5 Å². The summed E-state index contributed by atoms with van der Waals surface area (Å²) >= 11 is 6.08. The summed E-state index contributed by atoms with van der Waals surface area (Å²) in [5.41, 5.74) is 1.68. The molecular formula is C22H23ClN2O4. The van der Waals surface area contributed by atoms with E-state index in [4.69, 9.17) is 21.1 Å². The highest BCUT2D eigenvalue weighted by molar-refractivity contribution is 6.30. The smallest absolute Gasteiger partial charge is 0.227 e. The predicted octanol–water partition coefficient (Wildman–Crippen LogP) is 3.73. The molecule has 0 aliphatic carbocycles. The number of amides is 2. The van der Waals surface area contributed by atoms with Crippen molar-refractivity contribution in [1.82, 2.24) is 5.32 Å². The number of ether oxygens (including phenoxy) is 2. The Kier molecular flexibility index (Phi) is 5.62. The van der Waals surface area contributed by atoms with Crippen LogP contribution in [0.5, 0.6) is 11.5 Å². The Morgan fingerprint density at radius 1 is 1.21 bits per heavy atom. The Balaban J connectivity index is 1.45. The first-order valence-electron chi connectivity index (χ1n) is 9.81. The lowest BCUT2D eigenvalue weighted by Crippen LogP contribution is -2.35. The highest BCUT2D eigenvalue weighted by Crippen LogP contribution is 2.36. The monoisotopic (exact) mass is 414 g/mol. The van der Waals surface area contributed by atoms with E-state index in [1.807, 2.05) is 31.2 Å². The second-order valence-electron chi connectivity index (χ2n) is 7.26. The summed E-state index contributed by atoms with van der Waals surface area (Å²) in [6.07, 6.45) is 0.922. The van der Waals surface area contributed by atoms with Crippen molar-refractivity contribution in [3.63, 3.8) is 0 Å². The van der Waals surface area contributed by atoms with Gasteiger partial charge in [-0.05, 0) is 36.2 Å². The summed E-state index contributed by atoms with van der Waals surface area (Å²) in [7, 11) is 0. The number of nitrogens with one attached hydrogen (secondary N) is 1. The van der Waals surface area contributed by atoms with Gasteiger partial charge in [-0.3, -0.25) is 9.59 Å². The van der Waals surface area contributed by atoms with Gasteiger partial charge in [-0.2, -0.15) is 0 Å². The van der Waals surface area contributed by atoms with Gasteiger partial charge in [0.25, 0.3) is 0 Å². The molecule has 2 aliphatic heterocycles. The van der Waals surface area contributed by atoms with Gasteiger partial charge in [0.1, 0.15) is 13.2 Å². The van der Waals surface area contributed by atoms with E-state index in [1.165, 1.54) is 0 Å². The van der Waals surface area contributed by atoms with Gasteiger partial charge in [0, 0.05) is 29.7 Å². The number of halogens is 1. The molecule has 2 amide bonds. The quantitative estimate of drug-likeness (QED) is 0.809.